The van der Waals surface area contributed by atoms with E-state index >= 15 is 0 Å². The van der Waals surface area contributed by atoms with Crippen molar-refractivity contribution in [3.8, 4) is 0 Å². The summed E-state index contributed by atoms with van der Waals surface area (Å²) in [4.78, 5) is 26.9. The Bertz CT molecular complexity index is 606. The number of amides is 2. The van der Waals surface area contributed by atoms with Crippen molar-refractivity contribution in [2.75, 3.05) is 25.0 Å². The molecule has 24 heavy (non-hydrogen) atoms. The molecule has 0 unspecified atom stereocenters. The number of rotatable bonds is 4. The molecule has 1 aromatic carbocycles. The van der Waals surface area contributed by atoms with Crippen LogP contribution in [-0.2, 0) is 9.59 Å². The third-order valence-electron chi connectivity index (χ3n) is 5.29. The summed E-state index contributed by atoms with van der Waals surface area (Å²) >= 11 is 0. The van der Waals surface area contributed by atoms with Gasteiger partial charge in [0.05, 0.1) is 6.54 Å². The molecule has 2 N–H and O–H groups in total. The molecule has 1 saturated carbocycles. The van der Waals surface area contributed by atoms with Gasteiger partial charge in [0, 0.05) is 18.8 Å². The van der Waals surface area contributed by atoms with Crippen LogP contribution in [0.1, 0.15) is 51.0 Å². The summed E-state index contributed by atoms with van der Waals surface area (Å²) in [7, 11) is 0. The summed E-state index contributed by atoms with van der Waals surface area (Å²) in [6.07, 6.45) is 3.66. The van der Waals surface area contributed by atoms with Gasteiger partial charge in [-0.25, -0.2) is 0 Å². The Labute approximate surface area is 143 Å². The van der Waals surface area contributed by atoms with Crippen molar-refractivity contribution in [3.05, 3.63) is 29.8 Å². The van der Waals surface area contributed by atoms with Crippen molar-refractivity contribution in [2.45, 2.75) is 51.0 Å². The van der Waals surface area contributed by atoms with E-state index in [4.69, 9.17) is 0 Å². The van der Waals surface area contributed by atoms with Gasteiger partial charge in [-0.2, -0.15) is 0 Å². The van der Waals surface area contributed by atoms with Crippen LogP contribution in [0.2, 0.25) is 0 Å². The first kappa shape index (κ1) is 17.0. The summed E-state index contributed by atoms with van der Waals surface area (Å²) < 4.78 is 0. The van der Waals surface area contributed by atoms with E-state index in [2.05, 4.69) is 29.4 Å². The van der Waals surface area contributed by atoms with Crippen LogP contribution in [0.25, 0.3) is 0 Å². The normalized spacial score (nSPS) is 20.4. The maximum absolute atomic E-state index is 12.5. The van der Waals surface area contributed by atoms with Crippen LogP contribution in [0.3, 0.4) is 0 Å². The quantitative estimate of drug-likeness (QED) is 0.892. The molecule has 3 rings (SSSR count). The Morgan fingerprint density at radius 1 is 1.25 bits per heavy atom. The number of carbonyl (C=O) groups excluding carboxylic acids is 2. The zero-order chi connectivity index (χ0) is 17.2. The lowest BCUT2D eigenvalue weighted by atomic mass is 9.74. The molecule has 5 heteroatoms. The van der Waals surface area contributed by atoms with Gasteiger partial charge in [-0.1, -0.05) is 26.0 Å². The molecule has 130 valence electrons. The lowest BCUT2D eigenvalue weighted by Gasteiger charge is -2.47. The molecule has 2 fully saturated rings. The number of nitrogens with one attached hydrogen (secondary N) is 2. The van der Waals surface area contributed by atoms with Crippen LogP contribution in [-0.4, -0.2) is 41.9 Å². The molecule has 5 nitrogen and oxygen atoms in total. The number of hydrogen-bond donors (Lipinski definition) is 2. The second-order valence-corrected chi connectivity index (χ2v) is 7.24. The van der Waals surface area contributed by atoms with Gasteiger partial charge < -0.3 is 10.6 Å². The highest BCUT2D eigenvalue weighted by Gasteiger charge is 2.49. The fraction of sp³-hybridized carbons (Fsp3) is 0.579. The Kier molecular flexibility index (Phi) is 4.90. The second-order valence-electron chi connectivity index (χ2n) is 7.24. The Morgan fingerprint density at radius 2 is 1.96 bits per heavy atom. The first-order valence-electron chi connectivity index (χ1n) is 8.94. The van der Waals surface area contributed by atoms with Crippen molar-refractivity contribution in [1.82, 2.24) is 10.2 Å². The molecular formula is C19H27N3O2. The van der Waals surface area contributed by atoms with Gasteiger partial charge in [0.15, 0.2) is 0 Å². The molecule has 1 aliphatic heterocycles. The molecule has 1 heterocycles. The predicted octanol–water partition coefficient (Wildman–Crippen LogP) is 2.49. The minimum Gasteiger partial charge on any atom is -0.354 e. The first-order chi connectivity index (χ1) is 11.5. The molecule has 0 bridgehead atoms. The average Bonchev–Trinajstić information content (AvgIpc) is 2.66. The van der Waals surface area contributed by atoms with E-state index in [1.54, 1.807) is 0 Å². The van der Waals surface area contributed by atoms with Crippen molar-refractivity contribution in [1.29, 1.82) is 0 Å². The van der Waals surface area contributed by atoms with E-state index in [-0.39, 0.29) is 18.4 Å². The second kappa shape index (κ2) is 6.93. The van der Waals surface area contributed by atoms with Crippen molar-refractivity contribution in [3.63, 3.8) is 0 Å². The molecule has 0 aromatic heterocycles. The number of carbonyl (C=O) groups is 2. The number of anilines is 1. The molecule has 1 spiro atoms. The zero-order valence-corrected chi connectivity index (χ0v) is 14.6. The minimum atomic E-state index is -0.449. The molecule has 0 atom stereocenters. The van der Waals surface area contributed by atoms with Gasteiger partial charge in [-0.05, 0) is 49.3 Å². The van der Waals surface area contributed by atoms with Crippen molar-refractivity contribution in [2.24, 2.45) is 0 Å². The Balaban J connectivity index is 1.64. The molecule has 1 aromatic rings. The topological polar surface area (TPSA) is 61.4 Å². The fourth-order valence-electron chi connectivity index (χ4n) is 3.60. The van der Waals surface area contributed by atoms with Gasteiger partial charge in [0.1, 0.15) is 5.54 Å². The van der Waals surface area contributed by atoms with E-state index < -0.39 is 5.54 Å². The van der Waals surface area contributed by atoms with Crippen LogP contribution < -0.4 is 10.6 Å². The van der Waals surface area contributed by atoms with Crippen LogP contribution >= 0.6 is 0 Å². The molecule has 2 amide bonds. The molecule has 1 aliphatic carbocycles. The number of benzene rings is 1. The van der Waals surface area contributed by atoms with Gasteiger partial charge in [-0.15, -0.1) is 0 Å². The smallest absolute Gasteiger partial charge is 0.240 e. The van der Waals surface area contributed by atoms with Crippen molar-refractivity contribution < 1.29 is 9.59 Å². The van der Waals surface area contributed by atoms with Gasteiger partial charge in [0.25, 0.3) is 0 Å². The Hall–Kier alpha value is -1.88. The van der Waals surface area contributed by atoms with Crippen molar-refractivity contribution >= 4 is 17.5 Å². The zero-order valence-electron chi connectivity index (χ0n) is 14.6. The minimum absolute atomic E-state index is 0.0479. The van der Waals surface area contributed by atoms with E-state index in [0.29, 0.717) is 12.5 Å². The third-order valence-corrected chi connectivity index (χ3v) is 5.29. The lowest BCUT2D eigenvalue weighted by Crippen LogP contribution is -2.62. The standard InChI is InChI=1S/C19H27N3O2/c1-14(2)15-5-7-16(8-6-15)21-17(23)13-22-12-4-11-20-18(24)19(22)9-3-10-19/h5-8,14H,3-4,9-13H2,1-2H3,(H,20,24)(H,21,23). The summed E-state index contributed by atoms with van der Waals surface area (Å²) in [5.41, 5.74) is 1.62. The highest BCUT2D eigenvalue weighted by Crippen LogP contribution is 2.38. The number of nitrogens with zero attached hydrogens (tertiary/aromatic N) is 1. The number of hydrogen-bond acceptors (Lipinski definition) is 3. The third kappa shape index (κ3) is 3.31. The fourth-order valence-corrected chi connectivity index (χ4v) is 3.60. The Morgan fingerprint density at radius 3 is 2.54 bits per heavy atom. The highest BCUT2D eigenvalue weighted by atomic mass is 16.2. The van der Waals surface area contributed by atoms with E-state index in [1.165, 1.54) is 5.56 Å². The first-order valence-corrected chi connectivity index (χ1v) is 8.94. The summed E-state index contributed by atoms with van der Waals surface area (Å²) in [5.74, 6) is 0.525. The largest absolute Gasteiger partial charge is 0.354 e. The lowest BCUT2D eigenvalue weighted by molar-refractivity contribution is -0.139. The maximum Gasteiger partial charge on any atom is 0.240 e. The molecule has 1 saturated heterocycles. The van der Waals surface area contributed by atoms with E-state index in [9.17, 15) is 9.59 Å². The molecular weight excluding hydrogens is 302 g/mol. The van der Waals surface area contributed by atoms with Crippen LogP contribution in [0, 0.1) is 0 Å². The van der Waals surface area contributed by atoms with Crippen LogP contribution in [0.5, 0.6) is 0 Å². The van der Waals surface area contributed by atoms with Gasteiger partial charge in [-0.3, -0.25) is 14.5 Å². The summed E-state index contributed by atoms with van der Waals surface area (Å²) in [5, 5.41) is 5.96. The molecule has 2 aliphatic rings. The van der Waals surface area contributed by atoms with Crippen LogP contribution in [0.15, 0.2) is 24.3 Å². The maximum atomic E-state index is 12.5. The van der Waals surface area contributed by atoms with Gasteiger partial charge in [0.2, 0.25) is 11.8 Å². The summed E-state index contributed by atoms with van der Waals surface area (Å²) in [6.45, 7) is 6.07. The van der Waals surface area contributed by atoms with E-state index in [1.807, 2.05) is 24.3 Å². The predicted molar refractivity (Wildman–Crippen MR) is 94.9 cm³/mol. The molecule has 0 radical (unpaired) electrons. The van der Waals surface area contributed by atoms with Crippen LogP contribution in [0.4, 0.5) is 5.69 Å². The monoisotopic (exact) mass is 329 g/mol. The summed E-state index contributed by atoms with van der Waals surface area (Å²) in [6, 6.07) is 7.99. The highest BCUT2D eigenvalue weighted by molar-refractivity contribution is 5.94. The van der Waals surface area contributed by atoms with Gasteiger partial charge >= 0.3 is 0 Å². The average molecular weight is 329 g/mol. The SMILES string of the molecule is CC(C)c1ccc(NC(=O)CN2CCCNC(=O)C23CCC3)cc1. The van der Waals surface area contributed by atoms with E-state index in [0.717, 1.165) is 37.9 Å².